The van der Waals surface area contributed by atoms with E-state index in [1.54, 1.807) is 42.5 Å². The Morgan fingerprint density at radius 2 is 1.84 bits per heavy atom. The van der Waals surface area contributed by atoms with Crippen molar-refractivity contribution < 1.29 is 17.9 Å². The lowest BCUT2D eigenvalue weighted by Crippen LogP contribution is -2.44. The fraction of sp³-hybridized carbons (Fsp3) is 0.321. The molecule has 0 bridgehead atoms. The number of hydrogen-bond acceptors (Lipinski definition) is 7. The minimum atomic E-state index is -3.65. The maximum absolute atomic E-state index is 13.9. The number of hydrogen-bond donors (Lipinski definition) is 0. The predicted octanol–water partition coefficient (Wildman–Crippen LogP) is 4.95. The third-order valence-electron chi connectivity index (χ3n) is 6.86. The second kappa shape index (κ2) is 10.8. The molecule has 10 heteroatoms. The molecular weight excluding hydrogens is 520 g/mol. The zero-order valence-corrected chi connectivity index (χ0v) is 23.3. The number of ether oxygens (including phenoxy) is 1. The number of aromatic nitrogens is 2. The van der Waals surface area contributed by atoms with Crippen molar-refractivity contribution in [2.45, 2.75) is 38.1 Å². The first-order valence-corrected chi connectivity index (χ1v) is 14.7. The van der Waals surface area contributed by atoms with E-state index in [2.05, 4.69) is 24.0 Å². The topological polar surface area (TPSA) is 92.7 Å². The van der Waals surface area contributed by atoms with Crippen LogP contribution in [0.2, 0.25) is 0 Å². The highest BCUT2D eigenvalue weighted by Crippen LogP contribution is 2.34. The molecule has 1 saturated heterocycles. The summed E-state index contributed by atoms with van der Waals surface area (Å²) in [7, 11) is -2.11. The molecule has 8 nitrogen and oxygen atoms in total. The molecule has 0 radical (unpaired) electrons. The molecule has 198 valence electrons. The van der Waals surface area contributed by atoms with Crippen LogP contribution in [-0.4, -0.2) is 48.8 Å². The van der Waals surface area contributed by atoms with Gasteiger partial charge in [0.1, 0.15) is 5.75 Å². The molecule has 1 aliphatic rings. The van der Waals surface area contributed by atoms with Crippen LogP contribution in [0.15, 0.2) is 65.7 Å². The lowest BCUT2D eigenvalue weighted by molar-refractivity contribution is -0.123. The van der Waals surface area contributed by atoms with Crippen LogP contribution in [0.1, 0.15) is 29.7 Å². The predicted molar refractivity (Wildman–Crippen MR) is 149 cm³/mol. The fourth-order valence-electron chi connectivity index (χ4n) is 4.83. The number of piperidine rings is 1. The first kappa shape index (κ1) is 26.3. The number of anilines is 1. The van der Waals surface area contributed by atoms with E-state index in [1.165, 1.54) is 15.6 Å². The fourth-order valence-corrected chi connectivity index (χ4v) is 7.44. The van der Waals surface area contributed by atoms with E-state index in [0.29, 0.717) is 30.3 Å². The molecule has 2 aromatic carbocycles. The number of fused-ring (bicyclic) bond motifs is 1. The van der Waals surface area contributed by atoms with Gasteiger partial charge in [-0.2, -0.15) is 4.31 Å². The van der Waals surface area contributed by atoms with Gasteiger partial charge in [0.05, 0.1) is 34.5 Å². The number of nitrogens with zero attached hydrogens (tertiary/aromatic N) is 4. The lowest BCUT2D eigenvalue weighted by atomic mass is 9.96. The second-order valence-electron chi connectivity index (χ2n) is 9.52. The molecule has 0 atom stereocenters. The Morgan fingerprint density at radius 3 is 2.50 bits per heavy atom. The third-order valence-corrected chi connectivity index (χ3v) is 9.80. The van der Waals surface area contributed by atoms with Gasteiger partial charge in [0, 0.05) is 25.2 Å². The van der Waals surface area contributed by atoms with Crippen molar-refractivity contribution in [1.29, 1.82) is 0 Å². The third kappa shape index (κ3) is 5.29. The van der Waals surface area contributed by atoms with Gasteiger partial charge in [-0.15, -0.1) is 0 Å². The van der Waals surface area contributed by atoms with Gasteiger partial charge >= 0.3 is 0 Å². The van der Waals surface area contributed by atoms with Gasteiger partial charge in [-0.25, -0.2) is 13.4 Å². The van der Waals surface area contributed by atoms with Crippen LogP contribution in [-0.2, 0) is 21.4 Å². The van der Waals surface area contributed by atoms with E-state index >= 15 is 0 Å². The Labute approximate surface area is 227 Å². The molecule has 0 aliphatic carbocycles. The zero-order valence-electron chi connectivity index (χ0n) is 21.6. The summed E-state index contributed by atoms with van der Waals surface area (Å²) in [5.74, 6) is 0.239. The number of rotatable bonds is 7. The first-order chi connectivity index (χ1) is 18.3. The van der Waals surface area contributed by atoms with E-state index in [1.807, 2.05) is 25.1 Å². The van der Waals surface area contributed by atoms with Crippen LogP contribution in [0.25, 0.3) is 10.2 Å². The molecule has 2 aromatic heterocycles. The van der Waals surface area contributed by atoms with E-state index in [-0.39, 0.29) is 29.8 Å². The second-order valence-corrected chi connectivity index (χ2v) is 12.5. The van der Waals surface area contributed by atoms with Crippen molar-refractivity contribution in [1.82, 2.24) is 14.3 Å². The minimum absolute atomic E-state index is 0.0504. The average Bonchev–Trinajstić information content (AvgIpc) is 3.36. The molecule has 0 N–H and O–H groups in total. The summed E-state index contributed by atoms with van der Waals surface area (Å²) >= 11 is 1.50. The molecule has 38 heavy (non-hydrogen) atoms. The van der Waals surface area contributed by atoms with Crippen LogP contribution < -0.4 is 9.64 Å². The summed E-state index contributed by atoms with van der Waals surface area (Å²) in [5, 5.41) is 0.637. The van der Waals surface area contributed by atoms with Gasteiger partial charge < -0.3 is 4.74 Å². The molecule has 1 aliphatic heterocycles. The van der Waals surface area contributed by atoms with Gasteiger partial charge in [0.15, 0.2) is 5.13 Å². The zero-order chi connectivity index (χ0) is 26.9. The molecule has 0 unspecified atom stereocenters. The van der Waals surface area contributed by atoms with Gasteiger partial charge in [-0.3, -0.25) is 14.7 Å². The van der Waals surface area contributed by atoms with Gasteiger partial charge in [0.25, 0.3) is 0 Å². The van der Waals surface area contributed by atoms with E-state index in [4.69, 9.17) is 9.72 Å². The molecule has 5 rings (SSSR count). The molecule has 3 heterocycles. The van der Waals surface area contributed by atoms with Crippen LogP contribution in [0.4, 0.5) is 5.13 Å². The van der Waals surface area contributed by atoms with E-state index in [0.717, 1.165) is 27.0 Å². The minimum Gasteiger partial charge on any atom is -0.497 e. The molecule has 4 aromatic rings. The Morgan fingerprint density at radius 1 is 1.11 bits per heavy atom. The van der Waals surface area contributed by atoms with Crippen molar-refractivity contribution in [2.24, 2.45) is 5.92 Å². The van der Waals surface area contributed by atoms with Crippen LogP contribution in [0, 0.1) is 19.8 Å². The van der Waals surface area contributed by atoms with Crippen molar-refractivity contribution in [3.63, 3.8) is 0 Å². The normalized spacial score (nSPS) is 15.0. The van der Waals surface area contributed by atoms with Gasteiger partial charge in [-0.1, -0.05) is 23.5 Å². The van der Waals surface area contributed by atoms with Crippen LogP contribution in [0.5, 0.6) is 5.75 Å². The smallest absolute Gasteiger partial charge is 0.243 e. The maximum atomic E-state index is 13.9. The van der Waals surface area contributed by atoms with Gasteiger partial charge in [0.2, 0.25) is 15.9 Å². The summed E-state index contributed by atoms with van der Waals surface area (Å²) in [6, 6.07) is 16.2. The number of carbonyl (C=O) groups is 1. The summed E-state index contributed by atoms with van der Waals surface area (Å²) in [6.07, 6.45) is 2.60. The van der Waals surface area contributed by atoms with E-state index < -0.39 is 10.0 Å². The summed E-state index contributed by atoms with van der Waals surface area (Å²) in [4.78, 5) is 25.1. The van der Waals surface area contributed by atoms with Crippen molar-refractivity contribution in [3.8, 4) is 5.75 Å². The number of thiazole rings is 1. The Bertz CT molecular complexity index is 1550. The number of aryl methyl sites for hydroxylation is 2. The first-order valence-electron chi connectivity index (χ1n) is 12.5. The van der Waals surface area contributed by atoms with Crippen molar-refractivity contribution in [2.75, 3.05) is 25.1 Å². The average molecular weight is 551 g/mol. The largest absolute Gasteiger partial charge is 0.497 e. The highest BCUT2D eigenvalue weighted by Gasteiger charge is 2.35. The molecular formula is C28H30N4O4S2. The number of carbonyl (C=O) groups excluding carboxylic acids is 1. The van der Waals surface area contributed by atoms with Crippen LogP contribution >= 0.6 is 11.3 Å². The van der Waals surface area contributed by atoms with Crippen molar-refractivity contribution >= 4 is 42.6 Å². The summed E-state index contributed by atoms with van der Waals surface area (Å²) < 4.78 is 34.0. The Balaban J connectivity index is 1.37. The van der Waals surface area contributed by atoms with Crippen LogP contribution in [0.3, 0.4) is 0 Å². The summed E-state index contributed by atoms with van der Waals surface area (Å²) in [5.41, 5.74) is 3.89. The number of pyridine rings is 1. The number of sulfonamides is 1. The molecule has 1 amide bonds. The SMILES string of the molecule is COc1ccc(S(=O)(=O)N2CCC(C(=O)N(Cc3ccccn3)c3nc4c(C)cc(C)cc4s3)CC2)cc1. The standard InChI is InChI=1S/C28H30N4O4S2/c1-19-16-20(2)26-25(17-19)37-28(30-26)32(18-22-6-4-5-13-29-22)27(33)21-11-14-31(15-12-21)38(34,35)24-9-7-23(36-3)8-10-24/h4-10,13,16-17,21H,11-12,14-15,18H2,1-3H3. The maximum Gasteiger partial charge on any atom is 0.243 e. The highest BCUT2D eigenvalue weighted by molar-refractivity contribution is 7.89. The van der Waals surface area contributed by atoms with Gasteiger partial charge in [-0.05, 0) is 80.3 Å². The number of methoxy groups -OCH3 is 1. The Kier molecular flexibility index (Phi) is 7.47. The summed E-state index contributed by atoms with van der Waals surface area (Å²) in [6.45, 7) is 4.95. The quantitative estimate of drug-likeness (QED) is 0.323. The lowest BCUT2D eigenvalue weighted by Gasteiger charge is -2.33. The van der Waals surface area contributed by atoms with E-state index in [9.17, 15) is 13.2 Å². The number of benzene rings is 2. The molecule has 1 fully saturated rings. The Hall–Kier alpha value is -3.34. The monoisotopic (exact) mass is 550 g/mol. The highest BCUT2D eigenvalue weighted by atomic mass is 32.2. The number of amides is 1. The molecule has 0 saturated carbocycles. The van der Waals surface area contributed by atoms with Crippen molar-refractivity contribution in [3.05, 3.63) is 77.6 Å². The molecule has 0 spiro atoms.